The Morgan fingerprint density at radius 1 is 1.42 bits per heavy atom. The molecule has 0 amide bonds. The van der Waals surface area contributed by atoms with Crippen molar-refractivity contribution in [3.8, 4) is 0 Å². The van der Waals surface area contributed by atoms with Gasteiger partial charge in [-0.05, 0) is 18.9 Å². The van der Waals surface area contributed by atoms with Gasteiger partial charge in [-0.3, -0.25) is 25.8 Å². The van der Waals surface area contributed by atoms with Crippen LogP contribution in [0.5, 0.6) is 0 Å². The third kappa shape index (κ3) is 2.67. The Balaban J connectivity index is 1.67. The molecule has 3 aliphatic heterocycles. The quantitative estimate of drug-likeness (QED) is 0.543. The topological polar surface area (TPSA) is 62.4 Å². The van der Waals surface area contributed by atoms with Crippen LogP contribution < -0.4 is 11.3 Å². The van der Waals surface area contributed by atoms with Crippen molar-refractivity contribution in [3.63, 3.8) is 0 Å². The molecule has 0 saturated carbocycles. The smallest absolute Gasteiger partial charge is 0.0522 e. The fraction of sp³-hybridized carbons (Fsp3) is 0.769. The van der Waals surface area contributed by atoms with Crippen LogP contribution in [-0.4, -0.2) is 64.4 Å². The molecular formula is C13H24N6. The number of hydrogen-bond acceptors (Lipinski definition) is 5. The highest BCUT2D eigenvalue weighted by Crippen LogP contribution is 2.20. The summed E-state index contributed by atoms with van der Waals surface area (Å²) in [4.78, 5) is 5.12. The summed E-state index contributed by atoms with van der Waals surface area (Å²) in [5.74, 6) is 5.80. The van der Waals surface area contributed by atoms with E-state index in [0.29, 0.717) is 12.1 Å². The lowest BCUT2D eigenvalue weighted by molar-refractivity contribution is -0.00315. The average Bonchev–Trinajstić information content (AvgIpc) is 2.93. The zero-order chi connectivity index (χ0) is 13.2. The van der Waals surface area contributed by atoms with Gasteiger partial charge in [-0.2, -0.15) is 5.10 Å². The van der Waals surface area contributed by atoms with Crippen LogP contribution in [0.3, 0.4) is 0 Å². The van der Waals surface area contributed by atoms with Crippen molar-refractivity contribution in [3.05, 3.63) is 18.0 Å². The van der Waals surface area contributed by atoms with Crippen molar-refractivity contribution in [2.45, 2.75) is 32.0 Å². The van der Waals surface area contributed by atoms with Crippen LogP contribution in [0.4, 0.5) is 0 Å². The lowest BCUT2D eigenvalue weighted by atomic mass is 9.96. The Hall–Kier alpha value is -0.950. The number of aromatic nitrogens is 2. The number of hydrogen-bond donors (Lipinski definition) is 2. The van der Waals surface area contributed by atoms with E-state index in [1.165, 1.54) is 31.7 Å². The van der Waals surface area contributed by atoms with Crippen LogP contribution in [-0.2, 0) is 13.0 Å². The molecule has 4 heterocycles. The van der Waals surface area contributed by atoms with Gasteiger partial charge >= 0.3 is 0 Å². The molecule has 3 N–H and O–H groups in total. The van der Waals surface area contributed by atoms with Gasteiger partial charge in [0.1, 0.15) is 0 Å². The molecule has 0 radical (unpaired) electrons. The van der Waals surface area contributed by atoms with Gasteiger partial charge in [-0.15, -0.1) is 0 Å². The summed E-state index contributed by atoms with van der Waals surface area (Å²) in [6.07, 6.45) is 5.04. The van der Waals surface area contributed by atoms with Gasteiger partial charge in [-0.1, -0.05) is 0 Å². The van der Waals surface area contributed by atoms with E-state index in [2.05, 4.69) is 33.4 Å². The van der Waals surface area contributed by atoms with Crippen molar-refractivity contribution < 1.29 is 0 Å². The van der Waals surface area contributed by atoms with Crippen molar-refractivity contribution in [1.82, 2.24) is 25.0 Å². The van der Waals surface area contributed by atoms with Gasteiger partial charge < -0.3 is 0 Å². The summed E-state index contributed by atoms with van der Waals surface area (Å²) in [5, 5.41) is 4.34. The number of aryl methyl sites for hydroxylation is 1. The highest BCUT2D eigenvalue weighted by Gasteiger charge is 2.36. The third-order valence-electron chi connectivity index (χ3n) is 4.47. The van der Waals surface area contributed by atoms with E-state index in [9.17, 15) is 0 Å². The van der Waals surface area contributed by atoms with E-state index in [0.717, 1.165) is 19.5 Å². The Morgan fingerprint density at radius 2 is 2.21 bits per heavy atom. The van der Waals surface area contributed by atoms with Crippen molar-refractivity contribution in [1.29, 1.82) is 0 Å². The van der Waals surface area contributed by atoms with Crippen LogP contribution in [0.15, 0.2) is 12.4 Å². The first-order chi connectivity index (χ1) is 9.30. The van der Waals surface area contributed by atoms with Gasteiger partial charge in [-0.25, -0.2) is 0 Å². The fourth-order valence-electron chi connectivity index (χ4n) is 3.28. The molecule has 2 atom stereocenters. The second-order valence-electron chi connectivity index (χ2n) is 5.59. The number of rotatable bonds is 5. The molecule has 1 aromatic heterocycles. The SMILES string of the molecule is CCn1cc(CC(NN)C2CN3CCN2CC3)cn1. The largest absolute Gasteiger partial charge is 0.299 e. The minimum Gasteiger partial charge on any atom is -0.299 e. The van der Waals surface area contributed by atoms with Gasteiger partial charge in [0.15, 0.2) is 0 Å². The summed E-state index contributed by atoms with van der Waals surface area (Å²) in [5.41, 5.74) is 4.29. The lowest BCUT2D eigenvalue weighted by Gasteiger charge is -2.50. The number of fused-ring (bicyclic) bond motifs is 3. The van der Waals surface area contributed by atoms with E-state index in [-0.39, 0.29) is 0 Å². The highest BCUT2D eigenvalue weighted by atomic mass is 15.4. The molecule has 19 heavy (non-hydrogen) atoms. The molecule has 1 aromatic rings. The second-order valence-corrected chi connectivity index (χ2v) is 5.59. The van der Waals surface area contributed by atoms with E-state index in [1.54, 1.807) is 0 Å². The maximum absolute atomic E-state index is 5.80. The molecule has 106 valence electrons. The first-order valence-electron chi connectivity index (χ1n) is 7.24. The van der Waals surface area contributed by atoms with Crippen molar-refractivity contribution in [2.75, 3.05) is 32.7 Å². The maximum Gasteiger partial charge on any atom is 0.0522 e. The molecule has 6 nitrogen and oxygen atoms in total. The van der Waals surface area contributed by atoms with Gasteiger partial charge in [0.05, 0.1) is 6.20 Å². The minimum absolute atomic E-state index is 0.303. The van der Waals surface area contributed by atoms with Gasteiger partial charge in [0.25, 0.3) is 0 Å². The first kappa shape index (κ1) is 13.1. The fourth-order valence-corrected chi connectivity index (χ4v) is 3.28. The van der Waals surface area contributed by atoms with Crippen LogP contribution in [0, 0.1) is 0 Å². The van der Waals surface area contributed by atoms with Crippen molar-refractivity contribution in [2.24, 2.45) is 5.84 Å². The third-order valence-corrected chi connectivity index (χ3v) is 4.47. The van der Waals surface area contributed by atoms with Crippen LogP contribution in [0.1, 0.15) is 12.5 Å². The standard InChI is InChI=1S/C13H24N6/c1-2-19-9-11(8-15-19)7-12(16-14)13-10-17-3-5-18(13)6-4-17/h8-9,12-13,16H,2-7,10,14H2,1H3. The van der Waals surface area contributed by atoms with Gasteiger partial charge in [0, 0.05) is 57.5 Å². The predicted octanol–water partition coefficient (Wildman–Crippen LogP) is -0.723. The summed E-state index contributed by atoms with van der Waals surface area (Å²) in [7, 11) is 0. The molecule has 0 spiro atoms. The van der Waals surface area contributed by atoms with Gasteiger partial charge in [0.2, 0.25) is 0 Å². The Labute approximate surface area is 114 Å². The number of nitrogens with one attached hydrogen (secondary N) is 1. The Morgan fingerprint density at radius 3 is 2.74 bits per heavy atom. The monoisotopic (exact) mass is 264 g/mol. The molecule has 3 aliphatic rings. The lowest BCUT2D eigenvalue weighted by Crippen LogP contribution is -2.67. The molecule has 2 bridgehead atoms. The summed E-state index contributed by atoms with van der Waals surface area (Å²) in [6.45, 7) is 8.94. The molecule has 4 rings (SSSR count). The Kier molecular flexibility index (Phi) is 3.83. The summed E-state index contributed by atoms with van der Waals surface area (Å²) in [6, 6.07) is 0.829. The molecule has 6 heteroatoms. The van der Waals surface area contributed by atoms with Crippen LogP contribution in [0.2, 0.25) is 0 Å². The molecule has 3 saturated heterocycles. The number of nitrogens with zero attached hydrogens (tertiary/aromatic N) is 4. The van der Waals surface area contributed by atoms with E-state index >= 15 is 0 Å². The van der Waals surface area contributed by atoms with Crippen LogP contribution >= 0.6 is 0 Å². The summed E-state index contributed by atoms with van der Waals surface area (Å²) >= 11 is 0. The normalized spacial score (nSPS) is 31.6. The maximum atomic E-state index is 5.80. The zero-order valence-corrected chi connectivity index (χ0v) is 11.6. The molecule has 3 fully saturated rings. The van der Waals surface area contributed by atoms with Crippen LogP contribution in [0.25, 0.3) is 0 Å². The number of nitrogens with two attached hydrogens (primary N) is 1. The first-order valence-corrected chi connectivity index (χ1v) is 7.24. The molecule has 0 aliphatic carbocycles. The van der Waals surface area contributed by atoms with E-state index in [1.807, 2.05) is 10.9 Å². The minimum atomic E-state index is 0.303. The highest BCUT2D eigenvalue weighted by molar-refractivity contribution is 5.09. The molecule has 0 aromatic carbocycles. The van der Waals surface area contributed by atoms with E-state index in [4.69, 9.17) is 5.84 Å². The average molecular weight is 264 g/mol. The number of hydrazine groups is 1. The predicted molar refractivity (Wildman–Crippen MR) is 74.5 cm³/mol. The molecule has 2 unspecified atom stereocenters. The van der Waals surface area contributed by atoms with Crippen molar-refractivity contribution >= 4 is 0 Å². The molecular weight excluding hydrogens is 240 g/mol. The summed E-state index contributed by atoms with van der Waals surface area (Å²) < 4.78 is 1.97. The number of piperazine rings is 3. The zero-order valence-electron chi connectivity index (χ0n) is 11.6. The second kappa shape index (κ2) is 5.58. The van der Waals surface area contributed by atoms with E-state index < -0.39 is 0 Å². The Bertz CT molecular complexity index is 409.